The largest absolute Gasteiger partial charge is 0.355 e. The van der Waals surface area contributed by atoms with Crippen molar-refractivity contribution in [3.05, 3.63) is 22.4 Å². The maximum atomic E-state index is 12.3. The minimum absolute atomic E-state index is 0.0923. The van der Waals surface area contributed by atoms with Crippen molar-refractivity contribution >= 4 is 29.1 Å². The molecule has 0 bridgehead atoms. The molecule has 22 heavy (non-hydrogen) atoms. The summed E-state index contributed by atoms with van der Waals surface area (Å²) in [7, 11) is 0. The summed E-state index contributed by atoms with van der Waals surface area (Å²) in [4.78, 5) is 36.6. The third kappa shape index (κ3) is 5.14. The molecular weight excluding hydrogens is 302 g/mol. The lowest BCUT2D eigenvalue weighted by Crippen LogP contribution is -2.54. The molecule has 3 amide bonds. The molecule has 0 radical (unpaired) electrons. The molecule has 0 fully saturated rings. The SMILES string of the molecule is CCNC(=O)[C@@H](C)NC(=O)[C@@H](NC(=O)c1cccs1)C(C)C. The molecule has 0 aliphatic carbocycles. The number of carbonyl (C=O) groups is 3. The zero-order valence-electron chi connectivity index (χ0n) is 13.3. The molecule has 0 aromatic carbocycles. The summed E-state index contributed by atoms with van der Waals surface area (Å²) in [6.07, 6.45) is 0. The molecule has 0 spiro atoms. The van der Waals surface area contributed by atoms with Gasteiger partial charge in [-0.25, -0.2) is 0 Å². The maximum Gasteiger partial charge on any atom is 0.262 e. The molecule has 6 nitrogen and oxygen atoms in total. The minimum Gasteiger partial charge on any atom is -0.355 e. The summed E-state index contributed by atoms with van der Waals surface area (Å²) in [6, 6.07) is 2.15. The van der Waals surface area contributed by atoms with E-state index in [0.29, 0.717) is 11.4 Å². The number of amides is 3. The number of hydrogen-bond donors (Lipinski definition) is 3. The van der Waals surface area contributed by atoms with Crippen LogP contribution in [0.4, 0.5) is 0 Å². The van der Waals surface area contributed by atoms with Crippen LogP contribution in [0.5, 0.6) is 0 Å². The van der Waals surface area contributed by atoms with Crippen molar-refractivity contribution in [2.45, 2.75) is 39.8 Å². The molecule has 1 rings (SSSR count). The Balaban J connectivity index is 2.68. The normalized spacial score (nSPS) is 13.3. The van der Waals surface area contributed by atoms with Gasteiger partial charge in [-0.3, -0.25) is 14.4 Å². The van der Waals surface area contributed by atoms with Crippen molar-refractivity contribution in [1.82, 2.24) is 16.0 Å². The molecule has 7 heteroatoms. The third-order valence-electron chi connectivity index (χ3n) is 3.08. The van der Waals surface area contributed by atoms with Crippen LogP contribution in [0.2, 0.25) is 0 Å². The highest BCUT2D eigenvalue weighted by molar-refractivity contribution is 7.12. The molecule has 122 valence electrons. The van der Waals surface area contributed by atoms with Gasteiger partial charge in [-0.05, 0) is 31.2 Å². The van der Waals surface area contributed by atoms with Crippen LogP contribution in [-0.4, -0.2) is 36.3 Å². The number of rotatable bonds is 7. The second-order valence-corrected chi connectivity index (χ2v) is 6.25. The average molecular weight is 325 g/mol. The van der Waals surface area contributed by atoms with Crippen molar-refractivity contribution in [3.63, 3.8) is 0 Å². The van der Waals surface area contributed by atoms with E-state index in [1.807, 2.05) is 20.8 Å². The second-order valence-electron chi connectivity index (χ2n) is 5.30. The lowest BCUT2D eigenvalue weighted by Gasteiger charge is -2.23. The first-order valence-corrected chi connectivity index (χ1v) is 8.17. The zero-order chi connectivity index (χ0) is 16.7. The van der Waals surface area contributed by atoms with Crippen LogP contribution in [0.3, 0.4) is 0 Å². The maximum absolute atomic E-state index is 12.3. The highest BCUT2D eigenvalue weighted by Gasteiger charge is 2.27. The number of nitrogens with one attached hydrogen (secondary N) is 3. The first-order valence-electron chi connectivity index (χ1n) is 7.29. The predicted octanol–water partition coefficient (Wildman–Crippen LogP) is 1.14. The topological polar surface area (TPSA) is 87.3 Å². The molecule has 3 N–H and O–H groups in total. The Bertz CT molecular complexity index is 514. The van der Waals surface area contributed by atoms with E-state index in [1.165, 1.54) is 11.3 Å². The van der Waals surface area contributed by atoms with Crippen LogP contribution in [0.15, 0.2) is 17.5 Å². The van der Waals surface area contributed by atoms with Crippen molar-refractivity contribution in [2.24, 2.45) is 5.92 Å². The molecule has 1 heterocycles. The first kappa shape index (κ1) is 18.2. The van der Waals surface area contributed by atoms with Crippen LogP contribution >= 0.6 is 11.3 Å². The van der Waals surface area contributed by atoms with Gasteiger partial charge in [0.25, 0.3) is 5.91 Å². The third-order valence-corrected chi connectivity index (χ3v) is 3.95. The smallest absolute Gasteiger partial charge is 0.262 e. The number of likely N-dealkylation sites (N-methyl/N-ethyl adjacent to an activating group) is 1. The van der Waals surface area contributed by atoms with Gasteiger partial charge in [-0.2, -0.15) is 0 Å². The monoisotopic (exact) mass is 325 g/mol. The quantitative estimate of drug-likeness (QED) is 0.702. The van der Waals surface area contributed by atoms with Crippen LogP contribution in [-0.2, 0) is 9.59 Å². The van der Waals surface area contributed by atoms with Crippen LogP contribution in [0.1, 0.15) is 37.4 Å². The van der Waals surface area contributed by atoms with Gasteiger partial charge in [0.15, 0.2) is 0 Å². The fourth-order valence-electron chi connectivity index (χ4n) is 1.85. The minimum atomic E-state index is -0.688. The van der Waals surface area contributed by atoms with Gasteiger partial charge in [0.05, 0.1) is 4.88 Å². The van der Waals surface area contributed by atoms with E-state index in [4.69, 9.17) is 0 Å². The highest BCUT2D eigenvalue weighted by Crippen LogP contribution is 2.10. The summed E-state index contributed by atoms with van der Waals surface area (Å²) >= 11 is 1.31. The number of carbonyl (C=O) groups excluding carboxylic acids is 3. The molecule has 0 aliphatic rings. The Morgan fingerprint density at radius 3 is 2.32 bits per heavy atom. The Hall–Kier alpha value is -1.89. The predicted molar refractivity (Wildman–Crippen MR) is 86.7 cm³/mol. The summed E-state index contributed by atoms with van der Waals surface area (Å²) in [5, 5.41) is 9.80. The van der Waals surface area contributed by atoms with Crippen LogP contribution < -0.4 is 16.0 Å². The van der Waals surface area contributed by atoms with E-state index in [9.17, 15) is 14.4 Å². The van der Waals surface area contributed by atoms with E-state index in [1.54, 1.807) is 24.4 Å². The standard InChI is InChI=1S/C15H23N3O3S/c1-5-16-13(19)10(4)17-15(21)12(9(2)3)18-14(20)11-7-6-8-22-11/h6-10,12H,5H2,1-4H3,(H,16,19)(H,17,21)(H,18,20)/t10-,12+/m1/s1. The average Bonchev–Trinajstić information content (AvgIpc) is 2.98. The van der Waals surface area contributed by atoms with E-state index in [-0.39, 0.29) is 23.6 Å². The van der Waals surface area contributed by atoms with Gasteiger partial charge < -0.3 is 16.0 Å². The van der Waals surface area contributed by atoms with Gasteiger partial charge in [0.1, 0.15) is 12.1 Å². The van der Waals surface area contributed by atoms with Crippen molar-refractivity contribution in [1.29, 1.82) is 0 Å². The lowest BCUT2D eigenvalue weighted by atomic mass is 10.0. The van der Waals surface area contributed by atoms with Crippen molar-refractivity contribution < 1.29 is 14.4 Å². The summed E-state index contributed by atoms with van der Waals surface area (Å²) in [5.74, 6) is -0.985. The Morgan fingerprint density at radius 2 is 1.82 bits per heavy atom. The van der Waals surface area contributed by atoms with Crippen LogP contribution in [0, 0.1) is 5.92 Å². The molecule has 0 aliphatic heterocycles. The fraction of sp³-hybridized carbons (Fsp3) is 0.533. The lowest BCUT2D eigenvalue weighted by molar-refractivity contribution is -0.130. The van der Waals surface area contributed by atoms with Gasteiger partial charge in [-0.15, -0.1) is 11.3 Å². The van der Waals surface area contributed by atoms with Crippen LogP contribution in [0.25, 0.3) is 0 Å². The Morgan fingerprint density at radius 1 is 1.14 bits per heavy atom. The number of thiophene rings is 1. The first-order chi connectivity index (χ1) is 10.4. The Labute approximate surface area is 134 Å². The molecule has 2 atom stereocenters. The fourth-order valence-corrected chi connectivity index (χ4v) is 2.48. The Kier molecular flexibility index (Phi) is 7.04. The highest BCUT2D eigenvalue weighted by atomic mass is 32.1. The van der Waals surface area contributed by atoms with E-state index < -0.39 is 12.1 Å². The summed E-state index contributed by atoms with van der Waals surface area (Å²) < 4.78 is 0. The molecule has 1 aromatic heterocycles. The van der Waals surface area contributed by atoms with Gasteiger partial charge in [0.2, 0.25) is 11.8 Å². The zero-order valence-corrected chi connectivity index (χ0v) is 14.1. The molecule has 0 saturated heterocycles. The van der Waals surface area contributed by atoms with Crippen molar-refractivity contribution in [3.8, 4) is 0 Å². The van der Waals surface area contributed by atoms with E-state index in [2.05, 4.69) is 16.0 Å². The molecule has 0 saturated carbocycles. The van der Waals surface area contributed by atoms with Gasteiger partial charge >= 0.3 is 0 Å². The van der Waals surface area contributed by atoms with E-state index >= 15 is 0 Å². The van der Waals surface area contributed by atoms with Gasteiger partial charge in [-0.1, -0.05) is 19.9 Å². The summed E-state index contributed by atoms with van der Waals surface area (Å²) in [5.41, 5.74) is 0. The molecular formula is C15H23N3O3S. The summed E-state index contributed by atoms with van der Waals surface area (Å²) in [6.45, 7) is 7.61. The van der Waals surface area contributed by atoms with E-state index in [0.717, 1.165) is 0 Å². The molecule has 0 unspecified atom stereocenters. The van der Waals surface area contributed by atoms with Gasteiger partial charge in [0, 0.05) is 6.54 Å². The van der Waals surface area contributed by atoms with Crippen molar-refractivity contribution in [2.75, 3.05) is 6.54 Å². The second kappa shape index (κ2) is 8.53. The number of hydrogen-bond acceptors (Lipinski definition) is 4. The molecule has 1 aromatic rings.